The molecule has 0 aliphatic carbocycles. The fourth-order valence-corrected chi connectivity index (χ4v) is 2.99. The minimum atomic E-state index is -0.374. The second-order valence-corrected chi connectivity index (χ2v) is 6.98. The summed E-state index contributed by atoms with van der Waals surface area (Å²) in [6.07, 6.45) is 0.553. The zero-order chi connectivity index (χ0) is 13.2. The molecule has 0 fully saturated rings. The molecule has 17 heavy (non-hydrogen) atoms. The van der Waals surface area contributed by atoms with Crippen molar-refractivity contribution in [1.29, 1.82) is 0 Å². The lowest BCUT2D eigenvalue weighted by atomic mass is 9.87. The van der Waals surface area contributed by atoms with Gasteiger partial charge in [-0.25, -0.2) is 4.39 Å². The number of rotatable bonds is 3. The van der Waals surface area contributed by atoms with E-state index in [0.717, 1.165) is 5.56 Å². The molecule has 94 valence electrons. The number of benzene rings is 1. The molecule has 0 saturated heterocycles. The van der Waals surface area contributed by atoms with Gasteiger partial charge in [0.2, 0.25) is 0 Å². The van der Waals surface area contributed by atoms with Crippen LogP contribution in [-0.4, -0.2) is 10.6 Å². The molecule has 0 aromatic heterocycles. The van der Waals surface area contributed by atoms with Crippen LogP contribution in [0.15, 0.2) is 22.7 Å². The summed E-state index contributed by atoms with van der Waals surface area (Å²) in [7, 11) is 0. The minimum absolute atomic E-state index is 0.147. The molecule has 0 amide bonds. The third-order valence-corrected chi connectivity index (χ3v) is 3.92. The molecule has 0 saturated carbocycles. The van der Waals surface area contributed by atoms with Crippen molar-refractivity contribution in [3.05, 3.63) is 34.1 Å². The highest BCUT2D eigenvalue weighted by Crippen LogP contribution is 2.26. The molecular formula is C13H15Br2FO. The Bertz CT molecular complexity index is 424. The second-order valence-electron chi connectivity index (χ2n) is 5.02. The lowest BCUT2D eigenvalue weighted by Gasteiger charge is -2.21. The molecule has 0 aliphatic heterocycles. The van der Waals surface area contributed by atoms with Gasteiger partial charge in [-0.05, 0) is 24.1 Å². The number of hydrogen-bond donors (Lipinski definition) is 0. The number of carbonyl (C=O) groups excluding carboxylic acids is 1. The number of Topliss-reactive ketones (excluding diaryl/α,β-unsaturated/α-hetero) is 1. The molecule has 0 N–H and O–H groups in total. The summed E-state index contributed by atoms with van der Waals surface area (Å²) < 4.78 is 13.6. The maximum Gasteiger partial charge on any atom is 0.152 e. The summed E-state index contributed by atoms with van der Waals surface area (Å²) in [5, 5.41) is 0. The van der Waals surface area contributed by atoms with Gasteiger partial charge in [0.15, 0.2) is 5.78 Å². The topological polar surface area (TPSA) is 17.1 Å². The molecule has 1 aromatic carbocycles. The molecule has 4 heteroatoms. The lowest BCUT2D eigenvalue weighted by molar-refractivity contribution is -0.125. The normalized spacial score (nSPS) is 13.5. The van der Waals surface area contributed by atoms with E-state index in [4.69, 9.17) is 0 Å². The molecule has 0 aliphatic rings. The summed E-state index contributed by atoms with van der Waals surface area (Å²) >= 11 is 6.71. The molecule has 0 radical (unpaired) electrons. The van der Waals surface area contributed by atoms with Crippen molar-refractivity contribution >= 4 is 37.6 Å². The van der Waals surface area contributed by atoms with Gasteiger partial charge < -0.3 is 0 Å². The fraction of sp³-hybridized carbons (Fsp3) is 0.462. The van der Waals surface area contributed by atoms with Crippen LogP contribution in [0.3, 0.4) is 0 Å². The summed E-state index contributed by atoms with van der Waals surface area (Å²) in [6.45, 7) is 5.68. The Kier molecular flexibility index (Phi) is 4.90. The van der Waals surface area contributed by atoms with Crippen molar-refractivity contribution in [3.63, 3.8) is 0 Å². The van der Waals surface area contributed by atoms with Gasteiger partial charge in [0.1, 0.15) is 5.82 Å². The largest absolute Gasteiger partial charge is 0.298 e. The zero-order valence-electron chi connectivity index (χ0n) is 10.1. The van der Waals surface area contributed by atoms with Gasteiger partial charge in [0.05, 0.1) is 4.83 Å². The van der Waals surface area contributed by atoms with Crippen LogP contribution in [-0.2, 0) is 11.2 Å². The van der Waals surface area contributed by atoms with Crippen LogP contribution in [0.5, 0.6) is 0 Å². The average molecular weight is 366 g/mol. The maximum absolute atomic E-state index is 12.9. The van der Waals surface area contributed by atoms with E-state index in [0.29, 0.717) is 10.9 Å². The van der Waals surface area contributed by atoms with Gasteiger partial charge in [0.25, 0.3) is 0 Å². The third-order valence-electron chi connectivity index (χ3n) is 2.44. The Morgan fingerprint density at radius 3 is 2.47 bits per heavy atom. The number of alkyl halides is 1. The first-order valence-corrected chi connectivity index (χ1v) is 7.05. The van der Waals surface area contributed by atoms with Crippen LogP contribution < -0.4 is 0 Å². The molecule has 1 unspecified atom stereocenters. The lowest BCUT2D eigenvalue weighted by Crippen LogP contribution is -2.30. The van der Waals surface area contributed by atoms with Crippen LogP contribution in [0.25, 0.3) is 0 Å². The first kappa shape index (κ1) is 14.8. The average Bonchev–Trinajstić information content (AvgIpc) is 2.19. The van der Waals surface area contributed by atoms with Crippen LogP contribution in [0, 0.1) is 11.2 Å². The highest BCUT2D eigenvalue weighted by atomic mass is 79.9. The quantitative estimate of drug-likeness (QED) is 0.720. The third kappa shape index (κ3) is 4.18. The molecule has 1 aromatic rings. The molecule has 1 atom stereocenters. The number of ketones is 1. The number of halogens is 3. The van der Waals surface area contributed by atoms with E-state index < -0.39 is 0 Å². The van der Waals surface area contributed by atoms with Gasteiger partial charge in [-0.2, -0.15) is 0 Å². The van der Waals surface area contributed by atoms with Crippen molar-refractivity contribution in [1.82, 2.24) is 0 Å². The van der Waals surface area contributed by atoms with Gasteiger partial charge >= 0.3 is 0 Å². The highest BCUT2D eigenvalue weighted by molar-refractivity contribution is 9.10. The maximum atomic E-state index is 12.9. The summed E-state index contributed by atoms with van der Waals surface area (Å²) in [4.78, 5) is 11.8. The Morgan fingerprint density at radius 2 is 2.00 bits per heavy atom. The number of hydrogen-bond acceptors (Lipinski definition) is 1. The van der Waals surface area contributed by atoms with Crippen molar-refractivity contribution in [2.75, 3.05) is 0 Å². The molecule has 1 rings (SSSR count). The predicted molar refractivity (Wildman–Crippen MR) is 75.0 cm³/mol. The van der Waals surface area contributed by atoms with Gasteiger partial charge in [-0.1, -0.05) is 58.7 Å². The zero-order valence-corrected chi connectivity index (χ0v) is 13.2. The van der Waals surface area contributed by atoms with E-state index in [1.54, 1.807) is 6.07 Å². The number of carbonyl (C=O) groups is 1. The Balaban J connectivity index is 2.81. The standard InChI is InChI=1S/C13H15Br2FO/c1-13(2,3)12(17)11(15)6-8-4-5-9(16)7-10(8)14/h4-5,7,11H,6H2,1-3H3. The first-order chi connectivity index (χ1) is 7.71. The molecule has 1 nitrogen and oxygen atoms in total. The van der Waals surface area contributed by atoms with E-state index in [9.17, 15) is 9.18 Å². The summed E-state index contributed by atoms with van der Waals surface area (Å²) in [6, 6.07) is 4.52. The second kappa shape index (κ2) is 5.61. The van der Waals surface area contributed by atoms with Gasteiger partial charge in [-0.15, -0.1) is 0 Å². The van der Waals surface area contributed by atoms with Crippen LogP contribution >= 0.6 is 31.9 Å². The monoisotopic (exact) mass is 364 g/mol. The summed E-state index contributed by atoms with van der Waals surface area (Å²) in [5.41, 5.74) is 0.548. The van der Waals surface area contributed by atoms with E-state index in [1.165, 1.54) is 12.1 Å². The van der Waals surface area contributed by atoms with Crippen molar-refractivity contribution in [2.24, 2.45) is 5.41 Å². The van der Waals surface area contributed by atoms with Crippen LogP contribution in [0.4, 0.5) is 4.39 Å². The smallest absolute Gasteiger partial charge is 0.152 e. The minimum Gasteiger partial charge on any atom is -0.298 e. The van der Waals surface area contributed by atoms with Gasteiger partial charge in [-0.3, -0.25) is 4.79 Å². The van der Waals surface area contributed by atoms with E-state index in [-0.39, 0.29) is 21.8 Å². The van der Waals surface area contributed by atoms with E-state index >= 15 is 0 Å². The van der Waals surface area contributed by atoms with Crippen molar-refractivity contribution in [2.45, 2.75) is 32.0 Å². The van der Waals surface area contributed by atoms with Crippen LogP contribution in [0.1, 0.15) is 26.3 Å². The molecule has 0 spiro atoms. The Hall–Kier alpha value is -0.220. The molecule has 0 bridgehead atoms. The predicted octanol–water partition coefficient (Wildman–Crippen LogP) is 4.51. The van der Waals surface area contributed by atoms with Crippen molar-refractivity contribution < 1.29 is 9.18 Å². The molecular weight excluding hydrogens is 351 g/mol. The van der Waals surface area contributed by atoms with Crippen LogP contribution in [0.2, 0.25) is 0 Å². The SMILES string of the molecule is CC(C)(C)C(=O)C(Br)Cc1ccc(F)cc1Br. The van der Waals surface area contributed by atoms with Crippen molar-refractivity contribution in [3.8, 4) is 0 Å². The Morgan fingerprint density at radius 1 is 1.41 bits per heavy atom. The fourth-order valence-electron chi connectivity index (χ4n) is 1.44. The highest BCUT2D eigenvalue weighted by Gasteiger charge is 2.28. The molecule has 0 heterocycles. The Labute approximate surface area is 118 Å². The first-order valence-electron chi connectivity index (χ1n) is 5.34. The van der Waals surface area contributed by atoms with E-state index in [2.05, 4.69) is 31.9 Å². The van der Waals surface area contributed by atoms with E-state index in [1.807, 2.05) is 20.8 Å². The van der Waals surface area contributed by atoms with Gasteiger partial charge in [0, 0.05) is 9.89 Å². The summed E-state index contributed by atoms with van der Waals surface area (Å²) in [5.74, 6) is -0.136.